The fourth-order valence-corrected chi connectivity index (χ4v) is 5.87. The molecule has 0 bridgehead atoms. The van der Waals surface area contributed by atoms with E-state index in [4.69, 9.17) is 11.6 Å². The zero-order valence-corrected chi connectivity index (χ0v) is 20.0. The van der Waals surface area contributed by atoms with Crippen molar-refractivity contribution in [3.8, 4) is 0 Å². The maximum atomic E-state index is 13.5. The summed E-state index contributed by atoms with van der Waals surface area (Å²) in [5.74, 6) is -0.321. The first kappa shape index (κ1) is 22.9. The minimum absolute atomic E-state index is 0.0118. The Morgan fingerprint density at radius 1 is 1.00 bits per heavy atom. The summed E-state index contributed by atoms with van der Waals surface area (Å²) in [4.78, 5) is 44.8. The summed E-state index contributed by atoms with van der Waals surface area (Å²) in [6, 6.07) is 15.3. The first-order valence-corrected chi connectivity index (χ1v) is 12.6. The van der Waals surface area contributed by atoms with Crippen LogP contribution in [0, 0.1) is 5.92 Å². The van der Waals surface area contributed by atoms with Crippen LogP contribution in [0.2, 0.25) is 5.02 Å². The number of fused-ring (bicyclic) bond motifs is 2. The molecule has 2 aromatic rings. The standard InChI is InChI=1S/C27H30ClN3O3/c28-22-9-5-6-19(16-22)17-31-24-11-4-3-10-23(24)26(33)30(27(31)34)15-13-25(32)29-14-12-20-7-1-2-8-21(20)18-29/h1-2,5-9,16,23-24H,3-4,10-15,17-18H2. The molecule has 178 valence electrons. The van der Waals surface area contributed by atoms with E-state index in [2.05, 4.69) is 12.1 Å². The number of rotatable bonds is 5. The zero-order valence-electron chi connectivity index (χ0n) is 19.3. The lowest BCUT2D eigenvalue weighted by Gasteiger charge is -2.47. The number of amides is 4. The Morgan fingerprint density at radius 3 is 2.62 bits per heavy atom. The molecule has 2 heterocycles. The van der Waals surface area contributed by atoms with Gasteiger partial charge in [0.1, 0.15) is 0 Å². The lowest BCUT2D eigenvalue weighted by atomic mass is 9.81. The van der Waals surface area contributed by atoms with Crippen LogP contribution in [-0.2, 0) is 29.1 Å². The van der Waals surface area contributed by atoms with Crippen molar-refractivity contribution < 1.29 is 14.4 Å². The lowest BCUT2D eigenvalue weighted by molar-refractivity contribution is -0.141. The van der Waals surface area contributed by atoms with Crippen molar-refractivity contribution in [1.82, 2.24) is 14.7 Å². The lowest BCUT2D eigenvalue weighted by Crippen LogP contribution is -2.62. The molecular formula is C27H30ClN3O3. The molecule has 2 aromatic carbocycles. The normalized spacial score (nSPS) is 22.4. The van der Waals surface area contributed by atoms with Crippen LogP contribution in [0.15, 0.2) is 48.5 Å². The molecule has 1 saturated heterocycles. The Bertz CT molecular complexity index is 1100. The minimum Gasteiger partial charge on any atom is -0.338 e. The molecule has 0 radical (unpaired) electrons. The quantitative estimate of drug-likeness (QED) is 0.627. The smallest absolute Gasteiger partial charge is 0.327 e. The number of carbonyl (C=O) groups is 3. The molecule has 2 unspecified atom stereocenters. The van der Waals surface area contributed by atoms with Crippen LogP contribution >= 0.6 is 11.6 Å². The summed E-state index contributed by atoms with van der Waals surface area (Å²) < 4.78 is 0. The molecule has 6 nitrogen and oxygen atoms in total. The summed E-state index contributed by atoms with van der Waals surface area (Å²) in [7, 11) is 0. The molecule has 7 heteroatoms. The first-order valence-electron chi connectivity index (χ1n) is 12.2. The molecule has 2 atom stereocenters. The van der Waals surface area contributed by atoms with Crippen LogP contribution in [-0.4, -0.2) is 51.7 Å². The Balaban J connectivity index is 1.29. The van der Waals surface area contributed by atoms with Crippen molar-refractivity contribution in [3.63, 3.8) is 0 Å². The number of hydrogen-bond acceptors (Lipinski definition) is 3. The number of urea groups is 1. The highest BCUT2D eigenvalue weighted by atomic mass is 35.5. The summed E-state index contributed by atoms with van der Waals surface area (Å²) in [6.07, 6.45) is 4.62. The molecule has 3 aliphatic rings. The van der Waals surface area contributed by atoms with Gasteiger partial charge in [-0.15, -0.1) is 0 Å². The molecule has 1 saturated carbocycles. The molecule has 2 aliphatic heterocycles. The average molecular weight is 480 g/mol. The summed E-state index contributed by atoms with van der Waals surface area (Å²) >= 11 is 6.17. The Morgan fingerprint density at radius 2 is 1.79 bits per heavy atom. The van der Waals surface area contributed by atoms with Gasteiger partial charge in [0.05, 0.1) is 5.92 Å². The SMILES string of the molecule is O=C(CCN1C(=O)C2CCCCC2N(Cc2cccc(Cl)c2)C1=O)N1CCc2ccccc2C1. The molecular weight excluding hydrogens is 450 g/mol. The van der Waals surface area contributed by atoms with Gasteiger partial charge in [-0.25, -0.2) is 4.79 Å². The molecule has 0 N–H and O–H groups in total. The van der Waals surface area contributed by atoms with Crippen molar-refractivity contribution in [2.45, 2.75) is 57.7 Å². The largest absolute Gasteiger partial charge is 0.338 e. The van der Waals surface area contributed by atoms with Gasteiger partial charge in [0, 0.05) is 43.7 Å². The Kier molecular flexibility index (Phi) is 6.59. The van der Waals surface area contributed by atoms with Crippen LogP contribution in [0.4, 0.5) is 4.79 Å². The second-order valence-corrected chi connectivity index (χ2v) is 10.0. The van der Waals surface area contributed by atoms with Gasteiger partial charge in [0.25, 0.3) is 0 Å². The van der Waals surface area contributed by atoms with Gasteiger partial charge in [-0.3, -0.25) is 14.5 Å². The highest BCUT2D eigenvalue weighted by molar-refractivity contribution is 6.30. The van der Waals surface area contributed by atoms with Gasteiger partial charge in [-0.2, -0.15) is 0 Å². The fraction of sp³-hybridized carbons (Fsp3) is 0.444. The van der Waals surface area contributed by atoms with E-state index in [1.807, 2.05) is 46.2 Å². The molecule has 5 rings (SSSR count). The van der Waals surface area contributed by atoms with Crippen LogP contribution < -0.4 is 0 Å². The molecule has 1 aliphatic carbocycles. The van der Waals surface area contributed by atoms with E-state index in [0.717, 1.165) is 37.7 Å². The minimum atomic E-state index is -0.287. The second-order valence-electron chi connectivity index (χ2n) is 9.57. The number of imide groups is 1. The third-order valence-corrected chi connectivity index (χ3v) is 7.70. The maximum Gasteiger partial charge on any atom is 0.327 e. The second kappa shape index (κ2) is 9.79. The van der Waals surface area contributed by atoms with E-state index in [1.54, 1.807) is 0 Å². The van der Waals surface area contributed by atoms with Crippen molar-refractivity contribution in [2.75, 3.05) is 13.1 Å². The predicted octanol–water partition coefficient (Wildman–Crippen LogP) is 4.64. The van der Waals surface area contributed by atoms with E-state index in [1.165, 1.54) is 16.0 Å². The zero-order chi connectivity index (χ0) is 23.7. The predicted molar refractivity (Wildman–Crippen MR) is 130 cm³/mol. The highest BCUT2D eigenvalue weighted by Crippen LogP contribution is 2.35. The van der Waals surface area contributed by atoms with Crippen molar-refractivity contribution in [1.29, 1.82) is 0 Å². The molecule has 4 amide bonds. The third kappa shape index (κ3) is 4.56. The number of carbonyl (C=O) groups excluding carboxylic acids is 3. The van der Waals surface area contributed by atoms with Gasteiger partial charge in [0.15, 0.2) is 0 Å². The van der Waals surface area contributed by atoms with Crippen LogP contribution in [0.25, 0.3) is 0 Å². The van der Waals surface area contributed by atoms with E-state index in [0.29, 0.717) is 24.7 Å². The summed E-state index contributed by atoms with van der Waals surface area (Å²) in [5, 5.41) is 0.629. The van der Waals surface area contributed by atoms with Crippen LogP contribution in [0.5, 0.6) is 0 Å². The Labute approximate surface area is 205 Å². The maximum absolute atomic E-state index is 13.5. The Hall–Kier alpha value is -2.86. The van der Waals surface area contributed by atoms with Crippen molar-refractivity contribution in [2.24, 2.45) is 5.92 Å². The number of hydrogen-bond donors (Lipinski definition) is 0. The van der Waals surface area contributed by atoms with Crippen LogP contribution in [0.3, 0.4) is 0 Å². The van der Waals surface area contributed by atoms with Gasteiger partial charge in [-0.1, -0.05) is 60.8 Å². The van der Waals surface area contributed by atoms with E-state index in [9.17, 15) is 14.4 Å². The summed E-state index contributed by atoms with van der Waals surface area (Å²) in [6.45, 7) is 1.80. The van der Waals surface area contributed by atoms with E-state index >= 15 is 0 Å². The van der Waals surface area contributed by atoms with Crippen molar-refractivity contribution in [3.05, 3.63) is 70.2 Å². The topological polar surface area (TPSA) is 60.9 Å². The van der Waals surface area contributed by atoms with Gasteiger partial charge >= 0.3 is 6.03 Å². The number of nitrogens with zero attached hydrogens (tertiary/aromatic N) is 3. The van der Waals surface area contributed by atoms with Gasteiger partial charge < -0.3 is 9.80 Å². The van der Waals surface area contributed by atoms with Crippen LogP contribution in [0.1, 0.15) is 48.8 Å². The highest BCUT2D eigenvalue weighted by Gasteiger charge is 2.46. The number of benzene rings is 2. The first-order chi connectivity index (χ1) is 16.5. The molecule has 0 spiro atoms. The summed E-state index contributed by atoms with van der Waals surface area (Å²) in [5.41, 5.74) is 3.40. The van der Waals surface area contributed by atoms with Gasteiger partial charge in [0.2, 0.25) is 11.8 Å². The van der Waals surface area contributed by atoms with E-state index in [-0.39, 0.29) is 42.8 Å². The molecule has 0 aromatic heterocycles. The van der Waals surface area contributed by atoms with E-state index < -0.39 is 0 Å². The number of halogens is 1. The monoisotopic (exact) mass is 479 g/mol. The molecule has 2 fully saturated rings. The molecule has 34 heavy (non-hydrogen) atoms. The average Bonchev–Trinajstić information content (AvgIpc) is 2.86. The van der Waals surface area contributed by atoms with Gasteiger partial charge in [-0.05, 0) is 48.1 Å². The third-order valence-electron chi connectivity index (χ3n) is 7.46. The van der Waals surface area contributed by atoms with Crippen molar-refractivity contribution >= 4 is 29.4 Å². The fourth-order valence-electron chi connectivity index (χ4n) is 5.66.